The van der Waals surface area contributed by atoms with Crippen molar-refractivity contribution in [2.24, 2.45) is 5.73 Å². The average molecular weight is 234 g/mol. The summed E-state index contributed by atoms with van der Waals surface area (Å²) in [5.41, 5.74) is 12.9. The third-order valence-electron chi connectivity index (χ3n) is 2.92. The number of hydrogen-bond donors (Lipinski definition) is 3. The maximum absolute atomic E-state index is 13.3. The van der Waals surface area contributed by atoms with Gasteiger partial charge in [-0.1, -0.05) is 12.1 Å². The van der Waals surface area contributed by atoms with Crippen LogP contribution in [0.3, 0.4) is 0 Å². The molecule has 0 unspecified atom stereocenters. The number of guanidine groups is 1. The van der Waals surface area contributed by atoms with Crippen LogP contribution >= 0.6 is 0 Å². The van der Waals surface area contributed by atoms with Gasteiger partial charge in [0, 0.05) is 13.1 Å². The van der Waals surface area contributed by atoms with Crippen molar-refractivity contribution in [3.63, 3.8) is 0 Å². The summed E-state index contributed by atoms with van der Waals surface area (Å²) >= 11 is 0. The van der Waals surface area contributed by atoms with Gasteiger partial charge in [0.05, 0.1) is 5.69 Å². The second-order valence-electron chi connectivity index (χ2n) is 4.05. The van der Waals surface area contributed by atoms with Crippen LogP contribution in [0, 0.1) is 11.2 Å². The molecule has 1 aliphatic rings. The molecule has 0 amide bonds. The van der Waals surface area contributed by atoms with E-state index in [0.717, 1.165) is 17.6 Å². The Morgan fingerprint density at radius 2 is 2.18 bits per heavy atom. The summed E-state index contributed by atoms with van der Waals surface area (Å²) in [6, 6.07) is 4.83. The van der Waals surface area contributed by atoms with Crippen LogP contribution in [0.1, 0.15) is 12.0 Å². The molecule has 2 rings (SSSR count). The van der Waals surface area contributed by atoms with Gasteiger partial charge >= 0.3 is 0 Å². The van der Waals surface area contributed by atoms with Crippen molar-refractivity contribution in [3.8, 4) is 0 Å². The number of halogens is 1. The molecule has 1 aliphatic heterocycles. The van der Waals surface area contributed by atoms with E-state index in [-0.39, 0.29) is 11.6 Å². The van der Waals surface area contributed by atoms with Crippen molar-refractivity contribution >= 4 is 17.2 Å². The summed E-state index contributed by atoms with van der Waals surface area (Å²) in [5, 5.41) is 7.32. The number of nitrogens with one attached hydrogen (secondary N) is 1. The lowest BCUT2D eigenvalue weighted by molar-refractivity contribution is 0.451. The Morgan fingerprint density at radius 1 is 1.41 bits per heavy atom. The van der Waals surface area contributed by atoms with Crippen LogP contribution in [-0.2, 0) is 0 Å². The van der Waals surface area contributed by atoms with E-state index in [4.69, 9.17) is 16.9 Å². The summed E-state index contributed by atoms with van der Waals surface area (Å²) in [6.07, 6.45) is 2.72. The van der Waals surface area contributed by atoms with Crippen molar-refractivity contribution in [2.75, 3.05) is 18.8 Å². The van der Waals surface area contributed by atoms with Gasteiger partial charge in [0.15, 0.2) is 5.96 Å². The van der Waals surface area contributed by atoms with Crippen molar-refractivity contribution < 1.29 is 4.39 Å². The average Bonchev–Trinajstić information content (AvgIpc) is 2.33. The molecule has 1 aromatic carbocycles. The number of rotatable bonds is 1. The van der Waals surface area contributed by atoms with Crippen molar-refractivity contribution in [1.29, 1.82) is 5.41 Å². The fourth-order valence-electron chi connectivity index (χ4n) is 1.88. The van der Waals surface area contributed by atoms with Crippen LogP contribution in [-0.4, -0.2) is 23.9 Å². The number of nitrogen functional groups attached to an aromatic ring is 1. The molecular weight excluding hydrogens is 219 g/mol. The molecule has 5 heteroatoms. The van der Waals surface area contributed by atoms with Crippen LogP contribution in [0.25, 0.3) is 5.57 Å². The Labute approximate surface area is 99.2 Å². The fraction of sp³-hybridized carbons (Fsp3) is 0.250. The van der Waals surface area contributed by atoms with Crippen molar-refractivity contribution in [3.05, 3.63) is 35.7 Å². The molecule has 0 spiro atoms. The van der Waals surface area contributed by atoms with Crippen molar-refractivity contribution in [2.45, 2.75) is 6.42 Å². The van der Waals surface area contributed by atoms with Gasteiger partial charge in [0.1, 0.15) is 5.82 Å². The number of benzene rings is 1. The van der Waals surface area contributed by atoms with Gasteiger partial charge in [0.2, 0.25) is 0 Å². The highest BCUT2D eigenvalue weighted by molar-refractivity contribution is 5.77. The summed E-state index contributed by atoms with van der Waals surface area (Å²) in [7, 11) is 0. The molecule has 0 saturated heterocycles. The Hall–Kier alpha value is -2.04. The minimum atomic E-state index is -0.391. The molecule has 1 heterocycles. The van der Waals surface area contributed by atoms with Gasteiger partial charge in [-0.25, -0.2) is 4.39 Å². The second-order valence-corrected chi connectivity index (χ2v) is 4.05. The third-order valence-corrected chi connectivity index (χ3v) is 2.92. The summed E-state index contributed by atoms with van der Waals surface area (Å²) in [4.78, 5) is 1.76. The lowest BCUT2D eigenvalue weighted by atomic mass is 9.99. The summed E-state index contributed by atoms with van der Waals surface area (Å²) < 4.78 is 13.3. The SMILES string of the molecule is N=C(N)N1CC=C(c2ccc(N)c(F)c2)CC1. The van der Waals surface area contributed by atoms with Gasteiger partial charge in [-0.3, -0.25) is 5.41 Å². The van der Waals surface area contributed by atoms with Crippen LogP contribution < -0.4 is 11.5 Å². The van der Waals surface area contributed by atoms with Gasteiger partial charge in [-0.2, -0.15) is 0 Å². The van der Waals surface area contributed by atoms with Crippen LogP contribution in [0.15, 0.2) is 24.3 Å². The zero-order chi connectivity index (χ0) is 12.4. The zero-order valence-corrected chi connectivity index (χ0v) is 9.41. The van der Waals surface area contributed by atoms with E-state index in [1.807, 2.05) is 12.1 Å². The van der Waals surface area contributed by atoms with Gasteiger partial charge in [-0.15, -0.1) is 0 Å². The monoisotopic (exact) mass is 234 g/mol. The Balaban J connectivity index is 2.19. The van der Waals surface area contributed by atoms with E-state index in [1.165, 1.54) is 6.07 Å². The molecular formula is C12H15FN4. The predicted molar refractivity (Wildman–Crippen MR) is 66.9 cm³/mol. The highest BCUT2D eigenvalue weighted by Crippen LogP contribution is 2.24. The Kier molecular flexibility index (Phi) is 2.99. The smallest absolute Gasteiger partial charge is 0.188 e. The number of hydrogen-bond acceptors (Lipinski definition) is 2. The maximum atomic E-state index is 13.3. The molecule has 17 heavy (non-hydrogen) atoms. The molecule has 4 nitrogen and oxygen atoms in total. The van der Waals surface area contributed by atoms with E-state index >= 15 is 0 Å². The second kappa shape index (κ2) is 4.45. The number of anilines is 1. The van der Waals surface area contributed by atoms with Gasteiger partial charge in [-0.05, 0) is 29.7 Å². The van der Waals surface area contributed by atoms with Gasteiger partial charge < -0.3 is 16.4 Å². The van der Waals surface area contributed by atoms with Crippen LogP contribution in [0.2, 0.25) is 0 Å². The minimum Gasteiger partial charge on any atom is -0.396 e. The summed E-state index contributed by atoms with van der Waals surface area (Å²) in [6.45, 7) is 1.28. The molecule has 90 valence electrons. The fourth-order valence-corrected chi connectivity index (χ4v) is 1.88. The minimum absolute atomic E-state index is 0.0730. The van der Waals surface area contributed by atoms with Crippen LogP contribution in [0.5, 0.6) is 0 Å². The largest absolute Gasteiger partial charge is 0.396 e. The number of nitrogens with zero attached hydrogens (tertiary/aromatic N) is 1. The molecule has 0 aliphatic carbocycles. The van der Waals surface area contributed by atoms with E-state index in [1.54, 1.807) is 11.0 Å². The van der Waals surface area contributed by atoms with E-state index in [2.05, 4.69) is 0 Å². The molecule has 0 radical (unpaired) electrons. The molecule has 0 saturated carbocycles. The quantitative estimate of drug-likeness (QED) is 0.390. The number of nitrogens with two attached hydrogens (primary N) is 2. The first-order valence-electron chi connectivity index (χ1n) is 5.41. The highest BCUT2D eigenvalue weighted by Gasteiger charge is 2.14. The molecule has 0 atom stereocenters. The standard InChI is InChI=1S/C12H15FN4/c13-10-7-9(1-2-11(10)14)8-3-5-17(6-4-8)12(15)16/h1-3,7H,4-6,14H2,(H3,15,16). The zero-order valence-electron chi connectivity index (χ0n) is 9.41. The lowest BCUT2D eigenvalue weighted by Gasteiger charge is -2.26. The molecule has 0 aromatic heterocycles. The van der Waals surface area contributed by atoms with Crippen LogP contribution in [0.4, 0.5) is 10.1 Å². The molecule has 5 N–H and O–H groups in total. The topological polar surface area (TPSA) is 79.1 Å². The van der Waals surface area contributed by atoms with E-state index in [9.17, 15) is 4.39 Å². The normalized spacial score (nSPS) is 15.6. The molecule has 0 fully saturated rings. The van der Waals surface area contributed by atoms with Crippen molar-refractivity contribution in [1.82, 2.24) is 4.90 Å². The lowest BCUT2D eigenvalue weighted by Crippen LogP contribution is -2.39. The Bertz CT molecular complexity index is 481. The first kappa shape index (κ1) is 11.4. The third kappa shape index (κ3) is 2.38. The first-order valence-corrected chi connectivity index (χ1v) is 5.41. The summed E-state index contributed by atoms with van der Waals surface area (Å²) in [5.74, 6) is -0.318. The molecule has 0 bridgehead atoms. The van der Waals surface area contributed by atoms with E-state index < -0.39 is 5.82 Å². The predicted octanol–water partition coefficient (Wildman–Crippen LogP) is 1.39. The molecule has 1 aromatic rings. The highest BCUT2D eigenvalue weighted by atomic mass is 19.1. The van der Waals surface area contributed by atoms with Gasteiger partial charge in [0.25, 0.3) is 0 Å². The first-order chi connectivity index (χ1) is 8.08. The maximum Gasteiger partial charge on any atom is 0.188 e. The Morgan fingerprint density at radius 3 is 2.71 bits per heavy atom. The van der Waals surface area contributed by atoms with E-state index in [0.29, 0.717) is 13.1 Å².